The van der Waals surface area contributed by atoms with Crippen molar-refractivity contribution >= 4 is 17.0 Å². The summed E-state index contributed by atoms with van der Waals surface area (Å²) in [7, 11) is 4.29. The minimum atomic E-state index is 0.714. The van der Waals surface area contributed by atoms with Crippen molar-refractivity contribution in [3.05, 3.63) is 24.5 Å². The van der Waals surface area contributed by atoms with Crippen LogP contribution in [0.15, 0.2) is 24.5 Å². The molecule has 3 heterocycles. The van der Waals surface area contributed by atoms with Crippen molar-refractivity contribution < 1.29 is 0 Å². The lowest BCUT2D eigenvalue weighted by molar-refractivity contribution is 0.153. The summed E-state index contributed by atoms with van der Waals surface area (Å²) >= 11 is 0. The van der Waals surface area contributed by atoms with Gasteiger partial charge in [0.2, 0.25) is 0 Å². The molecule has 0 unspecified atom stereocenters. The van der Waals surface area contributed by atoms with Gasteiger partial charge in [-0.15, -0.1) is 0 Å². The van der Waals surface area contributed by atoms with Gasteiger partial charge >= 0.3 is 0 Å². The highest BCUT2D eigenvalue weighted by molar-refractivity contribution is 5.71. The van der Waals surface area contributed by atoms with E-state index >= 15 is 0 Å². The quantitative estimate of drug-likeness (QED) is 0.824. The van der Waals surface area contributed by atoms with Crippen LogP contribution in [-0.2, 0) is 0 Å². The Morgan fingerprint density at radius 1 is 1.09 bits per heavy atom. The number of piperazine rings is 1. The third-order valence-electron chi connectivity index (χ3n) is 4.27. The molecule has 22 heavy (non-hydrogen) atoms. The number of rotatable bonds is 5. The highest BCUT2D eigenvalue weighted by Gasteiger charge is 2.13. The van der Waals surface area contributed by atoms with Gasteiger partial charge < -0.3 is 14.7 Å². The van der Waals surface area contributed by atoms with Crippen molar-refractivity contribution in [1.82, 2.24) is 24.8 Å². The van der Waals surface area contributed by atoms with Gasteiger partial charge in [-0.25, -0.2) is 9.97 Å². The van der Waals surface area contributed by atoms with Crippen molar-refractivity contribution in [2.45, 2.75) is 6.42 Å². The van der Waals surface area contributed by atoms with E-state index in [0.717, 1.165) is 30.8 Å². The van der Waals surface area contributed by atoms with Gasteiger partial charge in [0, 0.05) is 52.2 Å². The number of nitrogens with zero attached hydrogens (tertiary/aromatic N) is 6. The zero-order valence-electron chi connectivity index (χ0n) is 13.4. The number of pyridine rings is 1. The van der Waals surface area contributed by atoms with Crippen LogP contribution in [0.2, 0.25) is 0 Å². The fourth-order valence-electron chi connectivity index (χ4n) is 2.77. The molecule has 1 aliphatic heterocycles. The Hall–Kier alpha value is -1.79. The van der Waals surface area contributed by atoms with Gasteiger partial charge in [-0.2, -0.15) is 0 Å². The second-order valence-corrected chi connectivity index (χ2v) is 5.99. The number of aromatic nitrogens is 3. The fraction of sp³-hybridized carbons (Fsp3) is 0.562. The van der Waals surface area contributed by atoms with Crippen LogP contribution in [0.1, 0.15) is 6.42 Å². The van der Waals surface area contributed by atoms with Crippen LogP contribution in [0.3, 0.4) is 0 Å². The van der Waals surface area contributed by atoms with Crippen molar-refractivity contribution in [3.8, 4) is 0 Å². The van der Waals surface area contributed by atoms with E-state index in [0.29, 0.717) is 5.65 Å². The molecule has 1 saturated heterocycles. The molecule has 1 aliphatic rings. The first-order valence-corrected chi connectivity index (χ1v) is 7.92. The van der Waals surface area contributed by atoms with E-state index in [1.807, 2.05) is 12.1 Å². The van der Waals surface area contributed by atoms with Crippen LogP contribution in [0.4, 0.5) is 5.82 Å². The second-order valence-electron chi connectivity index (χ2n) is 5.99. The van der Waals surface area contributed by atoms with Crippen molar-refractivity contribution in [1.29, 1.82) is 0 Å². The van der Waals surface area contributed by atoms with Crippen molar-refractivity contribution in [2.75, 3.05) is 58.3 Å². The molecule has 0 bridgehead atoms. The summed E-state index contributed by atoms with van der Waals surface area (Å²) < 4.78 is 0. The molecule has 0 spiro atoms. The Bertz CT molecular complexity index is 608. The Morgan fingerprint density at radius 3 is 2.68 bits per heavy atom. The highest BCUT2D eigenvalue weighted by Crippen LogP contribution is 2.14. The third-order valence-corrected chi connectivity index (χ3v) is 4.27. The molecule has 2 aromatic rings. The predicted octanol–water partition coefficient (Wildman–Crippen LogP) is 1.10. The molecular weight excluding hydrogens is 276 g/mol. The largest absolute Gasteiger partial charge is 0.360 e. The van der Waals surface area contributed by atoms with E-state index in [1.165, 1.54) is 26.2 Å². The maximum absolute atomic E-state index is 4.58. The van der Waals surface area contributed by atoms with E-state index in [9.17, 15) is 0 Å². The SMILES string of the molecule is CN1CCN(CCCN(C)c2ccc3nccnc3n2)CC1. The zero-order valence-corrected chi connectivity index (χ0v) is 13.4. The van der Waals surface area contributed by atoms with E-state index in [1.54, 1.807) is 12.4 Å². The van der Waals surface area contributed by atoms with E-state index in [2.05, 4.69) is 43.7 Å². The van der Waals surface area contributed by atoms with Crippen LogP contribution < -0.4 is 4.90 Å². The van der Waals surface area contributed by atoms with E-state index in [4.69, 9.17) is 0 Å². The third kappa shape index (κ3) is 3.69. The molecular formula is C16H24N6. The monoisotopic (exact) mass is 300 g/mol. The number of hydrogen-bond acceptors (Lipinski definition) is 6. The van der Waals surface area contributed by atoms with Gasteiger partial charge in [-0.1, -0.05) is 0 Å². The number of likely N-dealkylation sites (N-methyl/N-ethyl adjacent to an activating group) is 1. The molecule has 0 amide bonds. The highest BCUT2D eigenvalue weighted by atomic mass is 15.2. The Labute approximate surface area is 131 Å². The summed E-state index contributed by atoms with van der Waals surface area (Å²) in [6.45, 7) is 6.90. The molecule has 0 atom stereocenters. The topological polar surface area (TPSA) is 48.4 Å². The molecule has 0 aliphatic carbocycles. The van der Waals surface area contributed by atoms with Crippen molar-refractivity contribution in [3.63, 3.8) is 0 Å². The lowest BCUT2D eigenvalue weighted by Gasteiger charge is -2.32. The first kappa shape index (κ1) is 15.1. The van der Waals surface area contributed by atoms with Crippen LogP contribution in [0.25, 0.3) is 11.2 Å². The van der Waals surface area contributed by atoms with Gasteiger partial charge in [0.25, 0.3) is 0 Å². The molecule has 118 valence electrons. The summed E-state index contributed by atoms with van der Waals surface area (Å²) in [6, 6.07) is 4.01. The summed E-state index contributed by atoms with van der Waals surface area (Å²) in [5, 5.41) is 0. The van der Waals surface area contributed by atoms with Crippen LogP contribution in [0, 0.1) is 0 Å². The minimum Gasteiger partial charge on any atom is -0.360 e. The first-order valence-electron chi connectivity index (χ1n) is 7.92. The maximum Gasteiger partial charge on any atom is 0.180 e. The molecule has 3 rings (SSSR count). The number of anilines is 1. The Kier molecular flexibility index (Phi) is 4.80. The lowest BCUT2D eigenvalue weighted by Crippen LogP contribution is -2.45. The molecule has 2 aromatic heterocycles. The molecule has 6 heteroatoms. The van der Waals surface area contributed by atoms with Gasteiger partial charge in [0.1, 0.15) is 11.3 Å². The minimum absolute atomic E-state index is 0.714. The standard InChI is InChI=1S/C16H24N6/c1-20-10-12-22(13-11-20)9-3-8-21(2)15-5-4-14-16(19-15)18-7-6-17-14/h4-7H,3,8-13H2,1-2H3. The lowest BCUT2D eigenvalue weighted by atomic mass is 10.3. The second kappa shape index (κ2) is 6.98. The molecule has 0 N–H and O–H groups in total. The van der Waals surface area contributed by atoms with E-state index in [-0.39, 0.29) is 0 Å². The smallest absolute Gasteiger partial charge is 0.180 e. The van der Waals surface area contributed by atoms with Crippen LogP contribution in [-0.4, -0.2) is 78.1 Å². The summed E-state index contributed by atoms with van der Waals surface area (Å²) in [5.41, 5.74) is 1.56. The first-order chi connectivity index (χ1) is 10.7. The normalized spacial score (nSPS) is 17.0. The fourth-order valence-corrected chi connectivity index (χ4v) is 2.77. The maximum atomic E-state index is 4.58. The molecule has 0 aromatic carbocycles. The van der Waals surface area contributed by atoms with Crippen LogP contribution >= 0.6 is 0 Å². The van der Waals surface area contributed by atoms with Gasteiger partial charge in [0.05, 0.1) is 0 Å². The average Bonchev–Trinajstić information content (AvgIpc) is 2.56. The summed E-state index contributed by atoms with van der Waals surface area (Å²) in [5.74, 6) is 0.964. The Balaban J connectivity index is 1.51. The number of hydrogen-bond donors (Lipinski definition) is 0. The average molecular weight is 300 g/mol. The number of fused-ring (bicyclic) bond motifs is 1. The Morgan fingerprint density at radius 2 is 1.86 bits per heavy atom. The summed E-state index contributed by atoms with van der Waals surface area (Å²) in [6.07, 6.45) is 4.54. The van der Waals surface area contributed by atoms with E-state index < -0.39 is 0 Å². The van der Waals surface area contributed by atoms with Gasteiger partial charge in [-0.05, 0) is 32.1 Å². The van der Waals surface area contributed by atoms with Crippen molar-refractivity contribution in [2.24, 2.45) is 0 Å². The predicted molar refractivity (Wildman–Crippen MR) is 89.2 cm³/mol. The molecule has 0 saturated carbocycles. The molecule has 1 fully saturated rings. The summed E-state index contributed by atoms with van der Waals surface area (Å²) in [4.78, 5) is 20.3. The molecule has 6 nitrogen and oxygen atoms in total. The van der Waals surface area contributed by atoms with Crippen LogP contribution in [0.5, 0.6) is 0 Å². The molecule has 0 radical (unpaired) electrons. The van der Waals surface area contributed by atoms with Gasteiger partial charge in [0.15, 0.2) is 5.65 Å². The van der Waals surface area contributed by atoms with Gasteiger partial charge in [-0.3, -0.25) is 4.98 Å². The zero-order chi connectivity index (χ0) is 15.4.